The van der Waals surface area contributed by atoms with Crippen LogP contribution in [0.3, 0.4) is 0 Å². The van der Waals surface area contributed by atoms with Gasteiger partial charge < -0.3 is 10.8 Å². The molecule has 15 heavy (non-hydrogen) atoms. The lowest BCUT2D eigenvalue weighted by molar-refractivity contribution is -0.137. The van der Waals surface area contributed by atoms with Crippen LogP contribution < -0.4 is 5.73 Å². The second kappa shape index (κ2) is 5.49. The number of rotatable bonds is 5. The first-order chi connectivity index (χ1) is 7.00. The number of hydrogen-bond donors (Lipinski definition) is 2. The Morgan fingerprint density at radius 3 is 2.87 bits per heavy atom. The molecule has 84 valence electrons. The molecular weight excluding hydrogens is 234 g/mol. The predicted molar refractivity (Wildman–Crippen MR) is 62.5 cm³/mol. The molecule has 0 aromatic carbocycles. The van der Waals surface area contributed by atoms with Crippen LogP contribution >= 0.6 is 22.9 Å². The number of carbonyl (C=O) groups is 1. The van der Waals surface area contributed by atoms with Crippen molar-refractivity contribution in [2.75, 3.05) is 0 Å². The van der Waals surface area contributed by atoms with E-state index in [0.717, 1.165) is 14.8 Å². The monoisotopic (exact) mass is 247 g/mol. The summed E-state index contributed by atoms with van der Waals surface area (Å²) in [5.41, 5.74) is 6.96. The maximum atomic E-state index is 10.3. The van der Waals surface area contributed by atoms with Gasteiger partial charge in [0.05, 0.1) is 4.34 Å². The Morgan fingerprint density at radius 1 is 1.73 bits per heavy atom. The first-order valence-electron chi connectivity index (χ1n) is 4.74. The molecule has 0 saturated carbocycles. The molecule has 0 spiro atoms. The van der Waals surface area contributed by atoms with Crippen molar-refractivity contribution in [1.82, 2.24) is 0 Å². The van der Waals surface area contributed by atoms with Crippen molar-refractivity contribution in [1.29, 1.82) is 0 Å². The number of nitrogens with two attached hydrogens (primary N) is 1. The van der Waals surface area contributed by atoms with Crippen LogP contribution in [0.15, 0.2) is 6.07 Å². The standard InChI is InChI=1S/C10H14ClNO2S/c1-6-5-8(15-10(6)11)7(12)3-2-4-9(13)14/h5,7H,2-4,12H2,1H3,(H,13,14). The summed E-state index contributed by atoms with van der Waals surface area (Å²) in [5, 5.41) is 8.49. The number of thiophene rings is 1. The molecule has 0 amide bonds. The van der Waals surface area contributed by atoms with Gasteiger partial charge in [0, 0.05) is 17.3 Å². The minimum atomic E-state index is -0.775. The summed E-state index contributed by atoms with van der Waals surface area (Å²) in [6.45, 7) is 1.94. The van der Waals surface area contributed by atoms with Crippen molar-refractivity contribution >= 4 is 28.9 Å². The minimum absolute atomic E-state index is 0.0967. The Hall–Kier alpha value is -0.580. The van der Waals surface area contributed by atoms with Crippen molar-refractivity contribution in [3.63, 3.8) is 0 Å². The molecule has 1 aromatic heterocycles. The van der Waals surface area contributed by atoms with Gasteiger partial charge in [0.1, 0.15) is 0 Å². The zero-order valence-electron chi connectivity index (χ0n) is 8.50. The van der Waals surface area contributed by atoms with E-state index in [2.05, 4.69) is 0 Å². The normalized spacial score (nSPS) is 12.7. The third-order valence-corrected chi connectivity index (χ3v) is 3.83. The van der Waals surface area contributed by atoms with Gasteiger partial charge in [0.25, 0.3) is 0 Å². The fourth-order valence-electron chi connectivity index (χ4n) is 1.28. The van der Waals surface area contributed by atoms with E-state index in [9.17, 15) is 4.79 Å². The third-order valence-electron chi connectivity index (χ3n) is 2.15. The lowest BCUT2D eigenvalue weighted by atomic mass is 10.1. The molecule has 1 unspecified atom stereocenters. The van der Waals surface area contributed by atoms with Gasteiger partial charge in [-0.15, -0.1) is 11.3 Å². The molecule has 1 heterocycles. The summed E-state index contributed by atoms with van der Waals surface area (Å²) < 4.78 is 0.763. The van der Waals surface area contributed by atoms with E-state index in [1.54, 1.807) is 0 Å². The molecule has 0 radical (unpaired) electrons. The van der Waals surface area contributed by atoms with Gasteiger partial charge in [-0.05, 0) is 31.4 Å². The van der Waals surface area contributed by atoms with Gasteiger partial charge in [0.15, 0.2) is 0 Å². The summed E-state index contributed by atoms with van der Waals surface area (Å²) in [4.78, 5) is 11.3. The fraction of sp³-hybridized carbons (Fsp3) is 0.500. The molecule has 3 N–H and O–H groups in total. The Bertz CT molecular complexity index is 332. The van der Waals surface area contributed by atoms with Crippen LogP contribution in [0.2, 0.25) is 4.34 Å². The van der Waals surface area contributed by atoms with Gasteiger partial charge >= 0.3 is 5.97 Å². The molecular formula is C10H14ClNO2S. The van der Waals surface area contributed by atoms with Crippen LogP contribution in [0.1, 0.15) is 35.7 Å². The quantitative estimate of drug-likeness (QED) is 0.841. The third kappa shape index (κ3) is 3.81. The van der Waals surface area contributed by atoms with Crippen molar-refractivity contribution in [2.45, 2.75) is 32.2 Å². The summed E-state index contributed by atoms with van der Waals surface area (Å²) in [6.07, 6.45) is 1.46. The van der Waals surface area contributed by atoms with Crippen LogP contribution in [-0.4, -0.2) is 11.1 Å². The van der Waals surface area contributed by atoms with Crippen LogP contribution in [0, 0.1) is 6.92 Å². The second-order valence-corrected chi connectivity index (χ2v) is 5.18. The Morgan fingerprint density at radius 2 is 2.40 bits per heavy atom. The highest BCUT2D eigenvalue weighted by Gasteiger charge is 2.11. The van der Waals surface area contributed by atoms with Gasteiger partial charge in [0.2, 0.25) is 0 Å². The van der Waals surface area contributed by atoms with Crippen molar-refractivity contribution in [3.8, 4) is 0 Å². The molecule has 0 fully saturated rings. The van der Waals surface area contributed by atoms with Crippen LogP contribution in [0.25, 0.3) is 0 Å². The average Bonchev–Trinajstić information content (AvgIpc) is 2.46. The minimum Gasteiger partial charge on any atom is -0.481 e. The number of carboxylic acid groups (broad SMARTS) is 1. The molecule has 1 aromatic rings. The molecule has 0 aliphatic rings. The molecule has 5 heteroatoms. The highest BCUT2D eigenvalue weighted by molar-refractivity contribution is 7.16. The molecule has 0 saturated heterocycles. The average molecular weight is 248 g/mol. The van der Waals surface area contributed by atoms with Crippen LogP contribution in [-0.2, 0) is 4.79 Å². The first kappa shape index (κ1) is 12.5. The van der Waals surface area contributed by atoms with E-state index in [-0.39, 0.29) is 12.5 Å². The zero-order valence-corrected chi connectivity index (χ0v) is 10.1. The lowest BCUT2D eigenvalue weighted by Gasteiger charge is -2.07. The number of aryl methyl sites for hydroxylation is 1. The summed E-state index contributed by atoms with van der Waals surface area (Å²) in [5.74, 6) is -0.775. The molecule has 0 aliphatic carbocycles. The molecule has 0 aliphatic heterocycles. The smallest absolute Gasteiger partial charge is 0.303 e. The van der Waals surface area contributed by atoms with Gasteiger partial charge in [-0.3, -0.25) is 4.79 Å². The maximum absolute atomic E-state index is 10.3. The van der Waals surface area contributed by atoms with E-state index in [1.807, 2.05) is 13.0 Å². The Balaban J connectivity index is 2.46. The van der Waals surface area contributed by atoms with E-state index in [1.165, 1.54) is 11.3 Å². The molecule has 3 nitrogen and oxygen atoms in total. The fourth-order valence-corrected chi connectivity index (χ4v) is 2.54. The van der Waals surface area contributed by atoms with E-state index < -0.39 is 5.97 Å². The van der Waals surface area contributed by atoms with Gasteiger partial charge in [-0.25, -0.2) is 0 Å². The van der Waals surface area contributed by atoms with E-state index >= 15 is 0 Å². The zero-order chi connectivity index (χ0) is 11.4. The summed E-state index contributed by atoms with van der Waals surface area (Å²) in [7, 11) is 0. The lowest BCUT2D eigenvalue weighted by Crippen LogP contribution is -2.09. The first-order valence-corrected chi connectivity index (χ1v) is 5.93. The number of hydrogen-bond acceptors (Lipinski definition) is 3. The number of carboxylic acids is 1. The van der Waals surface area contributed by atoms with Crippen LogP contribution in [0.5, 0.6) is 0 Å². The van der Waals surface area contributed by atoms with Gasteiger partial charge in [-0.1, -0.05) is 11.6 Å². The maximum Gasteiger partial charge on any atom is 0.303 e. The highest BCUT2D eigenvalue weighted by Crippen LogP contribution is 2.31. The largest absolute Gasteiger partial charge is 0.481 e. The van der Waals surface area contributed by atoms with Crippen molar-refractivity contribution in [3.05, 3.63) is 20.8 Å². The van der Waals surface area contributed by atoms with E-state index in [4.69, 9.17) is 22.4 Å². The summed E-state index contributed by atoms with van der Waals surface area (Å²) >= 11 is 7.40. The molecule has 1 rings (SSSR count). The number of aliphatic carboxylic acids is 1. The Labute approximate surface area is 97.9 Å². The molecule has 1 atom stereocenters. The predicted octanol–water partition coefficient (Wildman–Crippen LogP) is 2.96. The SMILES string of the molecule is Cc1cc(C(N)CCCC(=O)O)sc1Cl. The number of halogens is 1. The van der Waals surface area contributed by atoms with Crippen molar-refractivity contribution < 1.29 is 9.90 Å². The summed E-state index contributed by atoms with van der Waals surface area (Å²) in [6, 6.07) is 1.87. The Kier molecular flexibility index (Phi) is 4.57. The van der Waals surface area contributed by atoms with Crippen molar-refractivity contribution in [2.24, 2.45) is 5.73 Å². The second-order valence-electron chi connectivity index (χ2n) is 3.50. The topological polar surface area (TPSA) is 63.3 Å². The van der Waals surface area contributed by atoms with Crippen LogP contribution in [0.4, 0.5) is 0 Å². The van der Waals surface area contributed by atoms with Gasteiger partial charge in [-0.2, -0.15) is 0 Å². The highest BCUT2D eigenvalue weighted by atomic mass is 35.5. The van der Waals surface area contributed by atoms with E-state index in [0.29, 0.717) is 12.8 Å². The molecule has 0 bridgehead atoms.